The van der Waals surface area contributed by atoms with Crippen LogP contribution in [0.4, 0.5) is 5.82 Å². The van der Waals surface area contributed by atoms with Crippen LogP contribution in [0.3, 0.4) is 0 Å². The third kappa shape index (κ3) is 5.81. The van der Waals surface area contributed by atoms with Crippen molar-refractivity contribution in [1.29, 1.82) is 5.26 Å². The molecule has 0 radical (unpaired) electrons. The standard InChI is InChI=1S/C28H28N6O/c1-19(22-11-9-21(15-29)10-12-22)16-31-27(23-7-5-4-6-8-23)28(35)32-26-14-13-24(17-30-26)25-18-34(3)33-20(25)2/h4-14,17-19,27,31H,16H2,1-3H3,(H,30,32,35)/t19-,27+/m0/s1. The number of pyridine rings is 1. The highest BCUT2D eigenvalue weighted by Crippen LogP contribution is 2.23. The number of nitrogens with zero attached hydrogens (tertiary/aromatic N) is 4. The minimum absolute atomic E-state index is 0.155. The summed E-state index contributed by atoms with van der Waals surface area (Å²) in [6.07, 6.45) is 3.70. The van der Waals surface area contributed by atoms with Crippen molar-refractivity contribution in [1.82, 2.24) is 20.1 Å². The van der Waals surface area contributed by atoms with E-state index >= 15 is 0 Å². The molecule has 0 spiro atoms. The lowest BCUT2D eigenvalue weighted by Gasteiger charge is -2.21. The van der Waals surface area contributed by atoms with Crippen LogP contribution in [-0.2, 0) is 11.8 Å². The van der Waals surface area contributed by atoms with Gasteiger partial charge in [0, 0.05) is 37.1 Å². The number of anilines is 1. The van der Waals surface area contributed by atoms with Gasteiger partial charge in [-0.3, -0.25) is 9.48 Å². The molecular weight excluding hydrogens is 436 g/mol. The first kappa shape index (κ1) is 23.9. The summed E-state index contributed by atoms with van der Waals surface area (Å²) in [6.45, 7) is 4.64. The molecule has 1 amide bonds. The van der Waals surface area contributed by atoms with Gasteiger partial charge in [0.1, 0.15) is 11.9 Å². The number of amides is 1. The Hall–Kier alpha value is -4.28. The van der Waals surface area contributed by atoms with E-state index in [2.05, 4.69) is 33.7 Å². The second-order valence-electron chi connectivity index (χ2n) is 8.61. The number of carbonyl (C=O) groups excluding carboxylic acids is 1. The number of nitrogens with one attached hydrogen (secondary N) is 2. The van der Waals surface area contributed by atoms with E-state index < -0.39 is 6.04 Å². The molecule has 2 heterocycles. The van der Waals surface area contributed by atoms with Gasteiger partial charge in [-0.05, 0) is 48.2 Å². The van der Waals surface area contributed by atoms with E-state index in [0.29, 0.717) is 17.9 Å². The summed E-state index contributed by atoms with van der Waals surface area (Å²) in [5.74, 6) is 0.464. The largest absolute Gasteiger partial charge is 0.309 e. The fraction of sp³-hybridized carbons (Fsp3) is 0.214. The van der Waals surface area contributed by atoms with Crippen molar-refractivity contribution < 1.29 is 4.79 Å². The predicted molar refractivity (Wildman–Crippen MR) is 137 cm³/mol. The quantitative estimate of drug-likeness (QED) is 0.393. The molecule has 2 atom stereocenters. The Bertz CT molecular complexity index is 1320. The SMILES string of the molecule is Cc1nn(C)cc1-c1ccc(NC(=O)[C@H](NC[C@H](C)c2ccc(C#N)cc2)c2ccccc2)nc1. The second kappa shape index (κ2) is 10.8. The van der Waals surface area contributed by atoms with E-state index in [0.717, 1.165) is 27.9 Å². The van der Waals surface area contributed by atoms with E-state index in [1.54, 1.807) is 16.9 Å². The maximum Gasteiger partial charge on any atom is 0.247 e. The zero-order valence-corrected chi connectivity index (χ0v) is 20.1. The Morgan fingerprint density at radius 3 is 2.40 bits per heavy atom. The Kier molecular flexibility index (Phi) is 7.34. The molecule has 176 valence electrons. The van der Waals surface area contributed by atoms with Crippen LogP contribution in [0, 0.1) is 18.3 Å². The first-order chi connectivity index (χ1) is 16.9. The smallest absolute Gasteiger partial charge is 0.247 e. The van der Waals surface area contributed by atoms with Crippen molar-refractivity contribution in [2.75, 3.05) is 11.9 Å². The van der Waals surface area contributed by atoms with E-state index in [9.17, 15) is 4.79 Å². The van der Waals surface area contributed by atoms with Crippen molar-refractivity contribution in [3.63, 3.8) is 0 Å². The number of carbonyl (C=O) groups is 1. The number of hydrogen-bond acceptors (Lipinski definition) is 5. The van der Waals surface area contributed by atoms with Gasteiger partial charge >= 0.3 is 0 Å². The number of aryl methyl sites for hydroxylation is 2. The zero-order chi connectivity index (χ0) is 24.8. The number of nitriles is 1. The van der Waals surface area contributed by atoms with Crippen molar-refractivity contribution in [3.05, 3.63) is 102 Å². The third-order valence-corrected chi connectivity index (χ3v) is 5.97. The number of hydrogen-bond donors (Lipinski definition) is 2. The predicted octanol–water partition coefficient (Wildman–Crippen LogP) is 4.74. The summed E-state index contributed by atoms with van der Waals surface area (Å²) in [4.78, 5) is 17.8. The number of benzene rings is 2. The molecule has 2 aromatic carbocycles. The highest BCUT2D eigenvalue weighted by atomic mass is 16.2. The van der Waals surface area contributed by atoms with Gasteiger partial charge in [-0.25, -0.2) is 4.98 Å². The molecule has 35 heavy (non-hydrogen) atoms. The van der Waals surface area contributed by atoms with E-state index in [-0.39, 0.29) is 11.8 Å². The van der Waals surface area contributed by atoms with Gasteiger partial charge in [0.15, 0.2) is 0 Å². The van der Waals surface area contributed by atoms with E-state index in [1.807, 2.05) is 80.8 Å². The fourth-order valence-corrected chi connectivity index (χ4v) is 4.01. The Morgan fingerprint density at radius 2 is 1.80 bits per heavy atom. The van der Waals surface area contributed by atoms with Gasteiger partial charge in [-0.1, -0.05) is 49.4 Å². The molecule has 7 heteroatoms. The lowest BCUT2D eigenvalue weighted by Crippen LogP contribution is -2.35. The summed E-state index contributed by atoms with van der Waals surface area (Å²) < 4.78 is 1.77. The molecule has 0 aliphatic heterocycles. The summed E-state index contributed by atoms with van der Waals surface area (Å²) in [6, 6.07) is 22.5. The average molecular weight is 465 g/mol. The van der Waals surface area contributed by atoms with Crippen LogP contribution in [0.5, 0.6) is 0 Å². The third-order valence-electron chi connectivity index (χ3n) is 5.97. The monoisotopic (exact) mass is 464 g/mol. The second-order valence-corrected chi connectivity index (χ2v) is 8.61. The summed E-state index contributed by atoms with van der Waals surface area (Å²) >= 11 is 0. The lowest BCUT2D eigenvalue weighted by atomic mass is 9.98. The summed E-state index contributed by atoms with van der Waals surface area (Å²) in [5, 5.41) is 19.8. The van der Waals surface area contributed by atoms with Crippen LogP contribution in [0.25, 0.3) is 11.1 Å². The molecule has 2 N–H and O–H groups in total. The van der Waals surface area contributed by atoms with Gasteiger partial charge in [-0.15, -0.1) is 0 Å². The Balaban J connectivity index is 1.47. The molecule has 0 bridgehead atoms. The van der Waals surface area contributed by atoms with Gasteiger partial charge in [-0.2, -0.15) is 10.4 Å². The topological polar surface area (TPSA) is 95.6 Å². The highest BCUT2D eigenvalue weighted by molar-refractivity contribution is 5.95. The maximum atomic E-state index is 13.3. The molecule has 4 rings (SSSR count). The molecular formula is C28H28N6O. The van der Waals surface area contributed by atoms with Crippen LogP contribution >= 0.6 is 0 Å². The van der Waals surface area contributed by atoms with E-state index in [4.69, 9.17) is 5.26 Å². The molecule has 0 unspecified atom stereocenters. The highest BCUT2D eigenvalue weighted by Gasteiger charge is 2.22. The molecule has 0 saturated heterocycles. The fourth-order valence-electron chi connectivity index (χ4n) is 4.01. The van der Waals surface area contributed by atoms with E-state index in [1.165, 1.54) is 0 Å². The lowest BCUT2D eigenvalue weighted by molar-refractivity contribution is -0.118. The van der Waals surface area contributed by atoms with Crippen LogP contribution in [0.15, 0.2) is 79.1 Å². The maximum absolute atomic E-state index is 13.3. The molecule has 0 aliphatic rings. The Labute approximate surface area is 205 Å². The van der Waals surface area contributed by atoms with Gasteiger partial charge in [0.2, 0.25) is 5.91 Å². The average Bonchev–Trinajstić information content (AvgIpc) is 3.22. The van der Waals surface area contributed by atoms with Crippen molar-refractivity contribution in [2.45, 2.75) is 25.8 Å². The summed E-state index contributed by atoms with van der Waals surface area (Å²) in [7, 11) is 1.89. The minimum atomic E-state index is -0.543. The summed E-state index contributed by atoms with van der Waals surface area (Å²) in [5.41, 5.74) is 5.50. The van der Waals surface area contributed by atoms with Crippen LogP contribution in [0.2, 0.25) is 0 Å². The van der Waals surface area contributed by atoms with Crippen molar-refractivity contribution >= 4 is 11.7 Å². The molecule has 0 saturated carbocycles. The van der Waals surface area contributed by atoms with Gasteiger partial charge in [0.25, 0.3) is 0 Å². The Morgan fingerprint density at radius 1 is 1.06 bits per heavy atom. The van der Waals surface area contributed by atoms with Crippen molar-refractivity contribution in [2.24, 2.45) is 7.05 Å². The minimum Gasteiger partial charge on any atom is -0.309 e. The van der Waals surface area contributed by atoms with Gasteiger partial charge in [0.05, 0.1) is 17.3 Å². The van der Waals surface area contributed by atoms with Crippen LogP contribution in [0.1, 0.15) is 41.3 Å². The molecule has 4 aromatic rings. The first-order valence-electron chi connectivity index (χ1n) is 11.5. The van der Waals surface area contributed by atoms with Crippen LogP contribution in [-0.4, -0.2) is 27.2 Å². The number of aromatic nitrogens is 3. The van der Waals surface area contributed by atoms with Gasteiger partial charge < -0.3 is 10.6 Å². The first-order valence-corrected chi connectivity index (χ1v) is 11.5. The molecule has 0 aliphatic carbocycles. The molecule has 2 aromatic heterocycles. The van der Waals surface area contributed by atoms with Crippen molar-refractivity contribution in [3.8, 4) is 17.2 Å². The molecule has 0 fully saturated rings. The normalized spacial score (nSPS) is 12.5. The zero-order valence-electron chi connectivity index (χ0n) is 20.1. The van der Waals surface area contributed by atoms with Crippen LogP contribution < -0.4 is 10.6 Å². The molecule has 7 nitrogen and oxygen atoms in total. The number of rotatable bonds is 8.